The third-order valence-electron chi connectivity index (χ3n) is 5.16. The Balaban J connectivity index is 1.53. The molecule has 1 aliphatic heterocycles. The topological polar surface area (TPSA) is 67.6 Å². The van der Waals surface area contributed by atoms with Gasteiger partial charge < -0.3 is 9.88 Å². The van der Waals surface area contributed by atoms with Crippen LogP contribution >= 0.6 is 0 Å². The van der Waals surface area contributed by atoms with Crippen LogP contribution in [0.5, 0.6) is 0 Å². The van der Waals surface area contributed by atoms with Crippen LogP contribution in [0.25, 0.3) is 28.4 Å². The largest absolute Gasteiger partial charge is 0.334 e. The lowest BCUT2D eigenvalue weighted by molar-refractivity contribution is 0.215. The molecule has 4 heterocycles. The number of fused-ring (bicyclic) bond motifs is 1. The first-order valence-corrected chi connectivity index (χ1v) is 9.01. The highest BCUT2D eigenvalue weighted by Crippen LogP contribution is 2.27. The molecule has 0 amide bonds. The van der Waals surface area contributed by atoms with Crippen LogP contribution < -0.4 is 0 Å². The highest BCUT2D eigenvalue weighted by molar-refractivity contribution is 5.75. The Morgan fingerprint density at radius 3 is 2.65 bits per heavy atom. The number of nitrogens with one attached hydrogen (secondary N) is 1. The Hall–Kier alpha value is -2.93. The Labute approximate surface area is 151 Å². The zero-order valence-corrected chi connectivity index (χ0v) is 14.7. The summed E-state index contributed by atoms with van der Waals surface area (Å²) in [5, 5.41) is 9.06. The first-order valence-electron chi connectivity index (χ1n) is 9.01. The number of para-hydroxylation sites is 1. The second kappa shape index (κ2) is 6.10. The Morgan fingerprint density at radius 2 is 1.85 bits per heavy atom. The van der Waals surface area contributed by atoms with Gasteiger partial charge in [0.1, 0.15) is 11.2 Å². The summed E-state index contributed by atoms with van der Waals surface area (Å²) in [6, 6.07) is 12.5. The van der Waals surface area contributed by atoms with Crippen LogP contribution in [0.2, 0.25) is 0 Å². The Bertz CT molecular complexity index is 1020. The predicted molar refractivity (Wildman–Crippen MR) is 100 cm³/mol. The molecular formula is C19H21N7. The molecule has 1 saturated heterocycles. The van der Waals surface area contributed by atoms with Crippen molar-refractivity contribution in [2.24, 2.45) is 0 Å². The van der Waals surface area contributed by atoms with Gasteiger partial charge in [0, 0.05) is 0 Å². The lowest BCUT2D eigenvalue weighted by Crippen LogP contribution is -2.31. The van der Waals surface area contributed by atoms with E-state index in [1.807, 2.05) is 47.3 Å². The molecule has 7 nitrogen and oxygen atoms in total. The van der Waals surface area contributed by atoms with Gasteiger partial charge >= 0.3 is 0 Å². The van der Waals surface area contributed by atoms with Crippen LogP contribution in [0.4, 0.5) is 0 Å². The molecule has 1 aromatic carbocycles. The van der Waals surface area contributed by atoms with Gasteiger partial charge in [0.2, 0.25) is 0 Å². The van der Waals surface area contributed by atoms with E-state index in [0.717, 1.165) is 54.3 Å². The predicted octanol–water partition coefficient (Wildman–Crippen LogP) is 2.88. The number of hydrogen-bond acceptors (Lipinski definition) is 4. The van der Waals surface area contributed by atoms with E-state index >= 15 is 0 Å². The molecule has 0 radical (unpaired) electrons. The summed E-state index contributed by atoms with van der Waals surface area (Å²) in [4.78, 5) is 10.6. The van der Waals surface area contributed by atoms with Gasteiger partial charge in [-0.25, -0.2) is 14.3 Å². The molecule has 7 heteroatoms. The number of nitrogens with zero attached hydrogens (tertiary/aromatic N) is 6. The Kier molecular flexibility index (Phi) is 3.60. The molecule has 1 N–H and O–H groups in total. The maximum absolute atomic E-state index is 4.87. The standard InChI is InChI=1S/C19H21N7/c1-24-11-8-15(9-12-24)26-19-16(13-21-26)22-18(23-19)17-7-10-20-25(17)14-5-3-2-4-6-14/h2-7,10,13,15H,8-9,11-12H2,1H3,(H,22,23). The van der Waals surface area contributed by atoms with Gasteiger partial charge in [-0.15, -0.1) is 0 Å². The van der Waals surface area contributed by atoms with Crippen molar-refractivity contribution < 1.29 is 0 Å². The number of piperidine rings is 1. The van der Waals surface area contributed by atoms with Crippen LogP contribution in [-0.2, 0) is 0 Å². The molecule has 1 aliphatic rings. The summed E-state index contributed by atoms with van der Waals surface area (Å²) in [5.41, 5.74) is 3.86. The van der Waals surface area contributed by atoms with Crippen LogP contribution in [0.1, 0.15) is 18.9 Å². The van der Waals surface area contributed by atoms with Gasteiger partial charge in [0.25, 0.3) is 0 Å². The van der Waals surface area contributed by atoms with Crippen LogP contribution in [0.15, 0.2) is 48.8 Å². The normalized spacial score (nSPS) is 16.5. The van der Waals surface area contributed by atoms with Crippen molar-refractivity contribution in [1.82, 2.24) is 34.4 Å². The van der Waals surface area contributed by atoms with Crippen molar-refractivity contribution in [2.45, 2.75) is 18.9 Å². The van der Waals surface area contributed by atoms with Gasteiger partial charge in [0.15, 0.2) is 11.5 Å². The molecule has 0 bridgehead atoms. The van der Waals surface area contributed by atoms with Crippen molar-refractivity contribution in [3.8, 4) is 17.2 Å². The molecule has 0 unspecified atom stereocenters. The van der Waals surface area contributed by atoms with E-state index < -0.39 is 0 Å². The van der Waals surface area contributed by atoms with Crippen molar-refractivity contribution in [3.63, 3.8) is 0 Å². The Morgan fingerprint density at radius 1 is 1.04 bits per heavy atom. The molecule has 3 aromatic heterocycles. The van der Waals surface area contributed by atoms with E-state index in [1.165, 1.54) is 0 Å². The zero-order chi connectivity index (χ0) is 17.5. The van der Waals surface area contributed by atoms with Crippen molar-refractivity contribution in [3.05, 3.63) is 48.8 Å². The molecular weight excluding hydrogens is 326 g/mol. The fourth-order valence-electron chi connectivity index (χ4n) is 3.70. The number of hydrogen-bond donors (Lipinski definition) is 1. The van der Waals surface area contributed by atoms with E-state index in [9.17, 15) is 0 Å². The average Bonchev–Trinajstić information content (AvgIpc) is 3.38. The zero-order valence-electron chi connectivity index (χ0n) is 14.7. The van der Waals surface area contributed by atoms with Crippen molar-refractivity contribution in [2.75, 3.05) is 20.1 Å². The quantitative estimate of drug-likeness (QED) is 0.619. The van der Waals surface area contributed by atoms with E-state index in [1.54, 1.807) is 6.20 Å². The van der Waals surface area contributed by atoms with Gasteiger partial charge in [0.05, 0.1) is 24.1 Å². The van der Waals surface area contributed by atoms with Gasteiger partial charge in [-0.3, -0.25) is 0 Å². The first-order chi connectivity index (χ1) is 12.8. The van der Waals surface area contributed by atoms with E-state index in [2.05, 4.69) is 31.8 Å². The summed E-state index contributed by atoms with van der Waals surface area (Å²) in [6.45, 7) is 2.20. The SMILES string of the molecule is CN1CCC(n2ncc3[nH]c(-c4ccnn4-c4ccccc4)nc32)CC1. The van der Waals surface area contributed by atoms with E-state index in [0.29, 0.717) is 6.04 Å². The van der Waals surface area contributed by atoms with E-state index in [-0.39, 0.29) is 0 Å². The van der Waals surface area contributed by atoms with E-state index in [4.69, 9.17) is 4.98 Å². The highest BCUT2D eigenvalue weighted by Gasteiger charge is 2.22. The smallest absolute Gasteiger partial charge is 0.177 e. The summed E-state index contributed by atoms with van der Waals surface area (Å²) in [7, 11) is 2.17. The van der Waals surface area contributed by atoms with Crippen LogP contribution in [-0.4, -0.2) is 54.6 Å². The third kappa shape index (κ3) is 2.52. The van der Waals surface area contributed by atoms with Crippen molar-refractivity contribution >= 4 is 11.2 Å². The second-order valence-electron chi connectivity index (χ2n) is 6.91. The minimum atomic E-state index is 0.416. The number of likely N-dealkylation sites (tertiary alicyclic amines) is 1. The lowest BCUT2D eigenvalue weighted by Gasteiger charge is -2.28. The number of rotatable bonds is 3. The molecule has 132 valence electrons. The van der Waals surface area contributed by atoms with Crippen molar-refractivity contribution in [1.29, 1.82) is 0 Å². The maximum Gasteiger partial charge on any atom is 0.177 e. The fourth-order valence-corrected chi connectivity index (χ4v) is 3.70. The number of H-pyrrole nitrogens is 1. The third-order valence-corrected chi connectivity index (χ3v) is 5.16. The minimum Gasteiger partial charge on any atom is -0.334 e. The van der Waals surface area contributed by atoms with Gasteiger partial charge in [-0.2, -0.15) is 10.2 Å². The number of benzene rings is 1. The monoisotopic (exact) mass is 347 g/mol. The molecule has 1 fully saturated rings. The van der Waals surface area contributed by atoms with Gasteiger partial charge in [-0.05, 0) is 51.2 Å². The summed E-state index contributed by atoms with van der Waals surface area (Å²) >= 11 is 0. The summed E-state index contributed by atoms with van der Waals surface area (Å²) in [6.07, 6.45) is 5.90. The molecule has 4 aromatic rings. The average molecular weight is 347 g/mol. The fraction of sp³-hybridized carbons (Fsp3) is 0.316. The minimum absolute atomic E-state index is 0.416. The van der Waals surface area contributed by atoms with Crippen LogP contribution in [0, 0.1) is 0 Å². The molecule has 0 spiro atoms. The second-order valence-corrected chi connectivity index (χ2v) is 6.91. The van der Waals surface area contributed by atoms with Crippen LogP contribution in [0.3, 0.4) is 0 Å². The lowest BCUT2D eigenvalue weighted by atomic mass is 10.1. The maximum atomic E-state index is 4.87. The molecule has 0 aliphatic carbocycles. The first kappa shape index (κ1) is 15.3. The van der Waals surface area contributed by atoms with Gasteiger partial charge in [-0.1, -0.05) is 18.2 Å². The molecule has 0 atom stereocenters. The summed E-state index contributed by atoms with van der Waals surface area (Å²) < 4.78 is 4.00. The highest BCUT2D eigenvalue weighted by atomic mass is 15.3. The molecule has 26 heavy (non-hydrogen) atoms. The molecule has 0 saturated carbocycles. The number of aromatic amines is 1. The number of imidazole rings is 1. The molecule has 5 rings (SSSR count). The summed E-state index contributed by atoms with van der Waals surface area (Å²) in [5.74, 6) is 0.820. The number of aromatic nitrogens is 6.